The lowest BCUT2D eigenvalue weighted by molar-refractivity contribution is 0.0365. The molecule has 37 heavy (non-hydrogen) atoms. The Hall–Kier alpha value is -3.44. The van der Waals surface area contributed by atoms with Gasteiger partial charge >= 0.3 is 0 Å². The number of hydrogen-bond donors (Lipinski definition) is 1. The molecule has 1 saturated heterocycles. The Balaban J connectivity index is 1.56. The third-order valence-corrected chi connectivity index (χ3v) is 9.20. The summed E-state index contributed by atoms with van der Waals surface area (Å²) in [6, 6.07) is 20.7. The van der Waals surface area contributed by atoms with Gasteiger partial charge < -0.3 is 5.11 Å². The van der Waals surface area contributed by atoms with Crippen molar-refractivity contribution in [3.8, 4) is 6.07 Å². The van der Waals surface area contributed by atoms with Crippen LogP contribution in [0.5, 0.6) is 0 Å². The largest absolute Gasteiger partial charge is 0.393 e. The lowest BCUT2D eigenvalue weighted by atomic mass is 9.91. The number of fused-ring (bicyclic) bond motifs is 1. The van der Waals surface area contributed by atoms with Crippen LogP contribution < -0.4 is 0 Å². The van der Waals surface area contributed by atoms with Crippen LogP contribution in [0.25, 0.3) is 10.9 Å². The molecule has 3 aromatic carbocycles. The van der Waals surface area contributed by atoms with Crippen molar-refractivity contribution < 1.29 is 13.5 Å². The molecule has 0 spiro atoms. The van der Waals surface area contributed by atoms with Gasteiger partial charge in [0.1, 0.15) is 0 Å². The molecule has 0 bridgehead atoms. The van der Waals surface area contributed by atoms with E-state index in [2.05, 4.69) is 24.0 Å². The minimum atomic E-state index is -3.75. The van der Waals surface area contributed by atoms with Gasteiger partial charge in [-0.25, -0.2) is 12.4 Å². The van der Waals surface area contributed by atoms with Crippen molar-refractivity contribution in [1.29, 1.82) is 5.26 Å². The van der Waals surface area contributed by atoms with Crippen LogP contribution in [0.1, 0.15) is 52.3 Å². The molecule has 2 atom stereocenters. The first-order valence-electron chi connectivity index (χ1n) is 12.5. The molecular weight excluding hydrogens is 482 g/mol. The number of benzene rings is 3. The van der Waals surface area contributed by atoms with E-state index in [4.69, 9.17) is 0 Å². The fourth-order valence-corrected chi connectivity index (χ4v) is 6.90. The predicted molar refractivity (Wildman–Crippen MR) is 145 cm³/mol. The van der Waals surface area contributed by atoms with Crippen molar-refractivity contribution >= 4 is 20.9 Å². The van der Waals surface area contributed by atoms with Crippen molar-refractivity contribution in [1.82, 2.24) is 8.87 Å². The van der Waals surface area contributed by atoms with Crippen molar-refractivity contribution in [2.45, 2.75) is 57.2 Å². The summed E-state index contributed by atoms with van der Waals surface area (Å²) < 4.78 is 28.6. The number of aromatic nitrogens is 1. The van der Waals surface area contributed by atoms with Gasteiger partial charge in [0.25, 0.3) is 10.0 Å². The van der Waals surface area contributed by atoms with E-state index in [0.29, 0.717) is 30.5 Å². The van der Waals surface area contributed by atoms with Crippen molar-refractivity contribution in [2.75, 3.05) is 6.54 Å². The average molecular weight is 514 g/mol. The lowest BCUT2D eigenvalue weighted by Gasteiger charge is -2.38. The fraction of sp³-hybridized carbons (Fsp3) is 0.300. The van der Waals surface area contributed by atoms with Gasteiger partial charge in [0, 0.05) is 30.7 Å². The number of rotatable bonds is 5. The van der Waals surface area contributed by atoms with Gasteiger partial charge in [-0.2, -0.15) is 5.26 Å². The second-order valence-electron chi connectivity index (χ2n) is 10.1. The van der Waals surface area contributed by atoms with E-state index in [1.54, 1.807) is 18.3 Å². The maximum atomic E-state index is 13.6. The fourth-order valence-electron chi connectivity index (χ4n) is 5.49. The smallest absolute Gasteiger partial charge is 0.268 e. The highest BCUT2D eigenvalue weighted by Crippen LogP contribution is 2.36. The number of aliphatic hydroxyl groups excluding tert-OH is 1. The molecule has 0 aliphatic carbocycles. The van der Waals surface area contributed by atoms with Crippen LogP contribution in [-0.4, -0.2) is 35.0 Å². The summed E-state index contributed by atoms with van der Waals surface area (Å²) in [6.07, 6.45) is 2.58. The van der Waals surface area contributed by atoms with E-state index in [9.17, 15) is 18.8 Å². The zero-order chi connectivity index (χ0) is 26.3. The molecule has 2 heterocycles. The summed E-state index contributed by atoms with van der Waals surface area (Å²) >= 11 is 0. The second kappa shape index (κ2) is 9.79. The first-order valence-corrected chi connectivity index (χ1v) is 14.0. The molecule has 0 unspecified atom stereocenters. The van der Waals surface area contributed by atoms with Gasteiger partial charge in [-0.1, -0.05) is 35.9 Å². The molecule has 5 rings (SSSR count). The summed E-state index contributed by atoms with van der Waals surface area (Å²) in [7, 11) is -3.75. The average Bonchev–Trinajstić information content (AvgIpc) is 3.34. The molecule has 0 saturated carbocycles. The Kier molecular flexibility index (Phi) is 6.67. The lowest BCUT2D eigenvalue weighted by Crippen LogP contribution is -2.38. The number of aliphatic hydroxyl groups is 1. The van der Waals surface area contributed by atoms with Crippen molar-refractivity contribution in [3.63, 3.8) is 0 Å². The van der Waals surface area contributed by atoms with Crippen LogP contribution in [0.3, 0.4) is 0 Å². The number of nitrogens with zero attached hydrogens (tertiary/aromatic N) is 3. The van der Waals surface area contributed by atoms with E-state index >= 15 is 0 Å². The summed E-state index contributed by atoms with van der Waals surface area (Å²) in [5.74, 6) is 0. The van der Waals surface area contributed by atoms with Gasteiger partial charge in [-0.3, -0.25) is 4.90 Å². The Morgan fingerprint density at radius 3 is 2.38 bits per heavy atom. The molecule has 4 aromatic rings. The molecule has 190 valence electrons. The highest BCUT2D eigenvalue weighted by molar-refractivity contribution is 7.90. The zero-order valence-electron chi connectivity index (χ0n) is 21.3. The molecule has 1 N–H and O–H groups in total. The van der Waals surface area contributed by atoms with Crippen LogP contribution in [0.2, 0.25) is 0 Å². The van der Waals surface area contributed by atoms with Crippen LogP contribution in [0.15, 0.2) is 71.8 Å². The highest BCUT2D eigenvalue weighted by atomic mass is 32.2. The van der Waals surface area contributed by atoms with Gasteiger partial charge in [-0.15, -0.1) is 0 Å². The Labute approximate surface area is 218 Å². The summed E-state index contributed by atoms with van der Waals surface area (Å²) in [6.45, 7) is 7.32. The predicted octanol–water partition coefficient (Wildman–Crippen LogP) is 5.37. The molecule has 0 radical (unpaired) electrons. The quantitative estimate of drug-likeness (QED) is 0.388. The third-order valence-electron chi connectivity index (χ3n) is 7.51. The number of aryl methyl sites for hydroxylation is 3. The summed E-state index contributed by atoms with van der Waals surface area (Å²) in [4.78, 5) is 2.62. The van der Waals surface area contributed by atoms with E-state index < -0.39 is 10.0 Å². The molecule has 1 aliphatic rings. The van der Waals surface area contributed by atoms with E-state index in [-0.39, 0.29) is 17.0 Å². The Morgan fingerprint density at radius 1 is 1.00 bits per heavy atom. The standard InChI is InChI=1S/C30H31N3O3S/c1-20-4-10-26(11-5-20)37(35,36)33-15-13-27-28(21(2)16-22(3)30(27)33)19-32-14-12-25(34)17-29(32)24-8-6-23(18-31)7-9-24/h4-11,13,15-16,25,29,34H,12,14,17,19H2,1-3H3/t25-,29+/m1/s1. The number of likely N-dealkylation sites (tertiary alicyclic amines) is 1. The Morgan fingerprint density at radius 2 is 1.70 bits per heavy atom. The Bertz CT molecular complexity index is 1600. The summed E-state index contributed by atoms with van der Waals surface area (Å²) in [5.41, 5.74) is 6.50. The summed E-state index contributed by atoms with van der Waals surface area (Å²) in [5, 5.41) is 20.6. The first kappa shape index (κ1) is 25.2. The third kappa shape index (κ3) is 4.69. The van der Waals surface area contributed by atoms with E-state index in [1.165, 1.54) is 3.97 Å². The maximum absolute atomic E-state index is 13.6. The van der Waals surface area contributed by atoms with Crippen LogP contribution in [-0.2, 0) is 16.6 Å². The molecular formula is C30H31N3O3S. The molecule has 1 aromatic heterocycles. The SMILES string of the molecule is Cc1ccc(S(=O)(=O)n2ccc3c(CN4CC[C@@H](O)C[C@H]4c4ccc(C#N)cc4)c(C)cc(C)c32)cc1. The van der Waals surface area contributed by atoms with Gasteiger partial charge in [0.15, 0.2) is 0 Å². The zero-order valence-corrected chi connectivity index (χ0v) is 22.2. The molecule has 7 heteroatoms. The molecule has 1 fully saturated rings. The van der Waals surface area contributed by atoms with Crippen LogP contribution in [0, 0.1) is 32.1 Å². The molecule has 6 nitrogen and oxygen atoms in total. The molecule has 1 aliphatic heterocycles. The van der Waals surface area contributed by atoms with E-state index in [1.807, 2.05) is 56.3 Å². The minimum Gasteiger partial charge on any atom is -0.393 e. The van der Waals surface area contributed by atoms with E-state index in [0.717, 1.165) is 39.7 Å². The normalized spacial score (nSPS) is 18.7. The number of nitriles is 1. The maximum Gasteiger partial charge on any atom is 0.268 e. The van der Waals surface area contributed by atoms with Crippen LogP contribution in [0.4, 0.5) is 0 Å². The van der Waals surface area contributed by atoms with Gasteiger partial charge in [-0.05, 0) is 86.2 Å². The topological polar surface area (TPSA) is 86.3 Å². The highest BCUT2D eigenvalue weighted by Gasteiger charge is 2.30. The second-order valence-corrected chi connectivity index (χ2v) is 11.9. The van der Waals surface area contributed by atoms with Gasteiger partial charge in [0.05, 0.1) is 28.1 Å². The minimum absolute atomic E-state index is 0.00521. The van der Waals surface area contributed by atoms with Crippen molar-refractivity contribution in [3.05, 3.63) is 100 Å². The number of piperidine rings is 1. The first-order chi connectivity index (χ1) is 17.7. The number of hydrogen-bond acceptors (Lipinski definition) is 5. The van der Waals surface area contributed by atoms with Crippen molar-refractivity contribution in [2.24, 2.45) is 0 Å². The molecule has 0 amide bonds. The monoisotopic (exact) mass is 513 g/mol. The van der Waals surface area contributed by atoms with Gasteiger partial charge in [0.2, 0.25) is 0 Å². The van der Waals surface area contributed by atoms with Crippen LogP contribution >= 0.6 is 0 Å².